The zero-order chi connectivity index (χ0) is 14.0. The molecule has 0 amide bonds. The summed E-state index contributed by atoms with van der Waals surface area (Å²) < 4.78 is 23.0. The van der Waals surface area contributed by atoms with Crippen LogP contribution in [0.15, 0.2) is 24.3 Å². The molecule has 2 atom stereocenters. The van der Waals surface area contributed by atoms with Gasteiger partial charge in [0.15, 0.2) is 9.84 Å². The first kappa shape index (κ1) is 14.8. The molecule has 1 fully saturated rings. The molecule has 1 aliphatic rings. The third-order valence-electron chi connectivity index (χ3n) is 3.72. The Morgan fingerprint density at radius 2 is 2.00 bits per heavy atom. The van der Waals surface area contributed by atoms with Crippen molar-refractivity contribution in [1.29, 1.82) is 0 Å². The lowest BCUT2D eigenvalue weighted by Crippen LogP contribution is -2.34. The standard InChI is InChI=1S/C14H20ClNO2S/c1-11-3-5-12(6-4-11)14(15)9-16(2)13-7-8-19(17,18)10-13/h3-6,13-14H,7-10H2,1-2H3. The summed E-state index contributed by atoms with van der Waals surface area (Å²) in [7, 11) is -0.878. The summed E-state index contributed by atoms with van der Waals surface area (Å²) in [6.07, 6.45) is 0.719. The number of halogens is 1. The van der Waals surface area contributed by atoms with E-state index in [2.05, 4.69) is 4.90 Å². The summed E-state index contributed by atoms with van der Waals surface area (Å²) in [4.78, 5) is 2.07. The van der Waals surface area contributed by atoms with Crippen molar-refractivity contribution in [2.24, 2.45) is 0 Å². The van der Waals surface area contributed by atoms with E-state index in [1.807, 2.05) is 38.2 Å². The minimum atomic E-state index is -2.83. The lowest BCUT2D eigenvalue weighted by atomic mass is 10.1. The SMILES string of the molecule is Cc1ccc(C(Cl)CN(C)C2CCS(=O)(=O)C2)cc1. The Balaban J connectivity index is 1.95. The van der Waals surface area contributed by atoms with Crippen LogP contribution in [0.2, 0.25) is 0 Å². The maximum absolute atomic E-state index is 11.5. The van der Waals surface area contributed by atoms with E-state index in [1.165, 1.54) is 5.56 Å². The molecule has 2 unspecified atom stereocenters. The van der Waals surface area contributed by atoms with Gasteiger partial charge in [-0.05, 0) is 26.0 Å². The number of sulfone groups is 1. The van der Waals surface area contributed by atoms with Gasteiger partial charge in [0.25, 0.3) is 0 Å². The second kappa shape index (κ2) is 5.81. The molecular formula is C14H20ClNO2S. The highest BCUT2D eigenvalue weighted by atomic mass is 35.5. The maximum Gasteiger partial charge on any atom is 0.151 e. The van der Waals surface area contributed by atoms with Crippen LogP contribution in [0.5, 0.6) is 0 Å². The Morgan fingerprint density at radius 3 is 2.53 bits per heavy atom. The fraction of sp³-hybridized carbons (Fsp3) is 0.571. The van der Waals surface area contributed by atoms with Crippen molar-refractivity contribution in [1.82, 2.24) is 4.90 Å². The van der Waals surface area contributed by atoms with E-state index in [1.54, 1.807) is 0 Å². The Hall–Kier alpha value is -0.580. The number of likely N-dealkylation sites (N-methyl/N-ethyl adjacent to an activating group) is 1. The molecular weight excluding hydrogens is 282 g/mol. The quantitative estimate of drug-likeness (QED) is 0.802. The topological polar surface area (TPSA) is 37.4 Å². The molecule has 0 aliphatic carbocycles. The van der Waals surface area contributed by atoms with Gasteiger partial charge in [0, 0.05) is 12.6 Å². The molecule has 1 aliphatic heterocycles. The van der Waals surface area contributed by atoms with E-state index in [0.29, 0.717) is 12.3 Å². The van der Waals surface area contributed by atoms with Crippen LogP contribution in [0.25, 0.3) is 0 Å². The molecule has 0 bridgehead atoms. The number of hydrogen-bond acceptors (Lipinski definition) is 3. The van der Waals surface area contributed by atoms with Gasteiger partial charge in [-0.2, -0.15) is 0 Å². The Labute approximate surface area is 120 Å². The first-order valence-electron chi connectivity index (χ1n) is 6.49. The van der Waals surface area contributed by atoms with Crippen LogP contribution in [0.4, 0.5) is 0 Å². The van der Waals surface area contributed by atoms with Crippen LogP contribution >= 0.6 is 11.6 Å². The van der Waals surface area contributed by atoms with Crippen LogP contribution in [0.1, 0.15) is 22.9 Å². The third kappa shape index (κ3) is 3.94. The van der Waals surface area contributed by atoms with Crippen LogP contribution in [0, 0.1) is 6.92 Å². The molecule has 1 aromatic rings. The number of hydrogen-bond donors (Lipinski definition) is 0. The van der Waals surface area contributed by atoms with Crippen molar-refractivity contribution in [3.63, 3.8) is 0 Å². The van der Waals surface area contributed by atoms with Crippen molar-refractivity contribution in [3.8, 4) is 0 Å². The fourth-order valence-corrected chi connectivity index (χ4v) is 4.57. The number of rotatable bonds is 4. The second-order valence-corrected chi connectivity index (χ2v) is 8.13. The van der Waals surface area contributed by atoms with Gasteiger partial charge in [-0.15, -0.1) is 11.6 Å². The highest BCUT2D eigenvalue weighted by molar-refractivity contribution is 7.91. The molecule has 1 heterocycles. The van der Waals surface area contributed by atoms with E-state index in [9.17, 15) is 8.42 Å². The molecule has 19 heavy (non-hydrogen) atoms. The molecule has 3 nitrogen and oxygen atoms in total. The summed E-state index contributed by atoms with van der Waals surface area (Å²) in [6.45, 7) is 2.72. The van der Waals surface area contributed by atoms with Gasteiger partial charge < -0.3 is 4.90 Å². The lowest BCUT2D eigenvalue weighted by molar-refractivity contribution is 0.262. The molecule has 5 heteroatoms. The molecule has 0 N–H and O–H groups in total. The molecule has 0 saturated carbocycles. The molecule has 1 saturated heterocycles. The van der Waals surface area contributed by atoms with Crippen molar-refractivity contribution in [2.45, 2.75) is 24.8 Å². The Morgan fingerprint density at radius 1 is 1.37 bits per heavy atom. The smallest absolute Gasteiger partial charge is 0.151 e. The van der Waals surface area contributed by atoms with E-state index < -0.39 is 9.84 Å². The van der Waals surface area contributed by atoms with Crippen molar-refractivity contribution in [3.05, 3.63) is 35.4 Å². The maximum atomic E-state index is 11.5. The predicted molar refractivity (Wildman–Crippen MR) is 79.5 cm³/mol. The van der Waals surface area contributed by atoms with Gasteiger partial charge in [-0.25, -0.2) is 8.42 Å². The van der Waals surface area contributed by atoms with Crippen molar-refractivity contribution >= 4 is 21.4 Å². The van der Waals surface area contributed by atoms with Crippen LogP contribution in [-0.2, 0) is 9.84 Å². The van der Waals surface area contributed by atoms with E-state index in [4.69, 9.17) is 11.6 Å². The fourth-order valence-electron chi connectivity index (χ4n) is 2.41. The van der Waals surface area contributed by atoms with Gasteiger partial charge in [0.1, 0.15) is 0 Å². The summed E-state index contributed by atoms with van der Waals surface area (Å²) in [5, 5.41) is -0.103. The van der Waals surface area contributed by atoms with Gasteiger partial charge in [-0.3, -0.25) is 0 Å². The minimum absolute atomic E-state index is 0.103. The molecule has 1 aromatic carbocycles. The average molecular weight is 302 g/mol. The Bertz CT molecular complexity index is 527. The summed E-state index contributed by atoms with van der Waals surface area (Å²) in [5.74, 6) is 0.570. The first-order chi connectivity index (χ1) is 8.87. The zero-order valence-corrected chi connectivity index (χ0v) is 12.9. The van der Waals surface area contributed by atoms with Gasteiger partial charge in [0.05, 0.1) is 16.9 Å². The summed E-state index contributed by atoms with van der Waals surface area (Å²) in [6, 6.07) is 8.27. The second-order valence-electron chi connectivity index (χ2n) is 5.37. The minimum Gasteiger partial charge on any atom is -0.301 e. The molecule has 2 rings (SSSR count). The van der Waals surface area contributed by atoms with Crippen molar-refractivity contribution in [2.75, 3.05) is 25.1 Å². The summed E-state index contributed by atoms with van der Waals surface area (Å²) in [5.41, 5.74) is 2.29. The van der Waals surface area contributed by atoms with Crippen molar-refractivity contribution < 1.29 is 8.42 Å². The molecule has 0 aromatic heterocycles. The van der Waals surface area contributed by atoms with E-state index >= 15 is 0 Å². The number of aryl methyl sites for hydroxylation is 1. The van der Waals surface area contributed by atoms with Gasteiger partial charge >= 0.3 is 0 Å². The van der Waals surface area contributed by atoms with Crippen LogP contribution < -0.4 is 0 Å². The monoisotopic (exact) mass is 301 g/mol. The molecule has 0 spiro atoms. The highest BCUT2D eigenvalue weighted by Gasteiger charge is 2.31. The predicted octanol–water partition coefficient (Wildman–Crippen LogP) is 2.39. The average Bonchev–Trinajstić information content (AvgIpc) is 2.70. The largest absolute Gasteiger partial charge is 0.301 e. The molecule has 0 radical (unpaired) electrons. The van der Waals surface area contributed by atoms with Crippen LogP contribution in [-0.4, -0.2) is 44.5 Å². The molecule has 106 valence electrons. The van der Waals surface area contributed by atoms with Crippen LogP contribution in [0.3, 0.4) is 0 Å². The van der Waals surface area contributed by atoms with Gasteiger partial charge in [0.2, 0.25) is 0 Å². The number of alkyl halides is 1. The highest BCUT2D eigenvalue weighted by Crippen LogP contribution is 2.24. The number of benzene rings is 1. The zero-order valence-electron chi connectivity index (χ0n) is 11.3. The van der Waals surface area contributed by atoms with E-state index in [0.717, 1.165) is 12.0 Å². The third-order valence-corrected chi connectivity index (χ3v) is 5.86. The first-order valence-corrected chi connectivity index (χ1v) is 8.74. The van der Waals surface area contributed by atoms with Gasteiger partial charge in [-0.1, -0.05) is 29.8 Å². The Kier molecular flexibility index (Phi) is 4.54. The summed E-state index contributed by atoms with van der Waals surface area (Å²) >= 11 is 6.41. The van der Waals surface area contributed by atoms with E-state index in [-0.39, 0.29) is 17.2 Å². The lowest BCUT2D eigenvalue weighted by Gasteiger charge is -2.25. The number of nitrogens with zero attached hydrogens (tertiary/aromatic N) is 1. The normalized spacial score (nSPS) is 23.7.